The number of hydrogen-bond acceptors (Lipinski definition) is 1. The Morgan fingerprint density at radius 1 is 0.677 bits per heavy atom. The van der Waals surface area contributed by atoms with Crippen LogP contribution in [0.1, 0.15) is 71.1 Å². The lowest BCUT2D eigenvalue weighted by atomic mass is 10.1. The van der Waals surface area contributed by atoms with Crippen molar-refractivity contribution in [3.05, 3.63) is 36.7 Å². The number of nitrogens with zero attached hydrogens (tertiary/aromatic N) is 1. The standard InChI is InChI=1S/C17H35ClN.C6HCl5O/c1-4-5-6-7-8-9-10-11-12-13-16-19(2,3)17-14-15-18;7-1-2(8)4(10)6(12)5(11)3(1)9/h14-15H,4-13,16-17H2,1-3H3;12H/q+1;/p-1. The van der Waals surface area contributed by atoms with E-state index in [0.29, 0.717) is 0 Å². The first-order valence-electron chi connectivity index (χ1n) is 10.8. The van der Waals surface area contributed by atoms with Crippen LogP contribution in [-0.2, 0) is 0 Å². The number of halogens is 6. The van der Waals surface area contributed by atoms with Gasteiger partial charge in [0.05, 0.1) is 52.3 Å². The number of rotatable bonds is 13. The van der Waals surface area contributed by atoms with E-state index in [4.69, 9.17) is 69.6 Å². The Morgan fingerprint density at radius 3 is 1.48 bits per heavy atom. The molecule has 1 aromatic rings. The number of benzene rings is 1. The van der Waals surface area contributed by atoms with Gasteiger partial charge < -0.3 is 9.59 Å². The SMILES string of the molecule is CCCCCCCCCCCC[N+](C)(C)CC=CCl.[O-]c1c(Cl)c(Cl)c(Cl)c(Cl)c1Cl. The molecule has 2 nitrogen and oxygen atoms in total. The normalized spacial score (nSPS) is 11.6. The van der Waals surface area contributed by atoms with Gasteiger partial charge in [0.15, 0.2) is 0 Å². The van der Waals surface area contributed by atoms with Crippen LogP contribution in [-0.4, -0.2) is 31.7 Å². The van der Waals surface area contributed by atoms with E-state index in [9.17, 15) is 5.11 Å². The Hall–Kier alpha value is 0.460. The fourth-order valence-electron chi connectivity index (χ4n) is 3.03. The lowest BCUT2D eigenvalue weighted by Gasteiger charge is -2.28. The van der Waals surface area contributed by atoms with Gasteiger partial charge in [-0.25, -0.2) is 0 Å². The molecule has 180 valence electrons. The smallest absolute Gasteiger partial charge is 0.0981 e. The summed E-state index contributed by atoms with van der Waals surface area (Å²) in [5.41, 5.74) is 1.64. The third-order valence-corrected chi connectivity index (χ3v) is 7.40. The van der Waals surface area contributed by atoms with Crippen LogP contribution in [0.2, 0.25) is 25.1 Å². The van der Waals surface area contributed by atoms with Crippen molar-refractivity contribution in [3.8, 4) is 5.75 Å². The average molecular weight is 554 g/mol. The molecule has 0 spiro atoms. The molecular weight excluding hydrogens is 519 g/mol. The van der Waals surface area contributed by atoms with E-state index in [1.54, 1.807) is 5.54 Å². The first-order chi connectivity index (χ1) is 14.6. The molecular formula is C23H35Cl6NO. The number of unbranched alkanes of at least 4 members (excludes halogenated alkanes) is 9. The lowest BCUT2D eigenvalue weighted by molar-refractivity contribution is -0.884. The van der Waals surface area contributed by atoms with Crippen molar-refractivity contribution in [3.63, 3.8) is 0 Å². The second kappa shape index (κ2) is 17.9. The molecule has 0 heterocycles. The van der Waals surface area contributed by atoms with Gasteiger partial charge >= 0.3 is 0 Å². The third-order valence-electron chi connectivity index (χ3n) is 4.98. The van der Waals surface area contributed by atoms with Crippen LogP contribution in [0.3, 0.4) is 0 Å². The monoisotopic (exact) mass is 551 g/mol. The molecule has 0 radical (unpaired) electrons. The quantitative estimate of drug-likeness (QED) is 0.103. The highest BCUT2D eigenvalue weighted by Gasteiger charge is 2.13. The van der Waals surface area contributed by atoms with E-state index in [1.165, 1.54) is 70.8 Å². The summed E-state index contributed by atoms with van der Waals surface area (Å²) in [6.45, 7) is 4.58. The average Bonchev–Trinajstić information content (AvgIpc) is 2.75. The number of likely N-dealkylation sites (N-methyl/N-ethyl adjacent to an activating group) is 1. The van der Waals surface area contributed by atoms with Gasteiger partial charge in [-0.05, 0) is 18.9 Å². The zero-order valence-corrected chi connectivity index (χ0v) is 23.3. The van der Waals surface area contributed by atoms with Crippen LogP contribution in [0.15, 0.2) is 11.6 Å². The lowest BCUT2D eigenvalue weighted by Crippen LogP contribution is -2.40. The van der Waals surface area contributed by atoms with Gasteiger partial charge in [0.2, 0.25) is 0 Å². The zero-order chi connectivity index (χ0) is 23.9. The van der Waals surface area contributed by atoms with Crippen molar-refractivity contribution in [2.75, 3.05) is 27.2 Å². The molecule has 1 rings (SSSR count). The van der Waals surface area contributed by atoms with E-state index in [1.807, 2.05) is 0 Å². The second-order valence-electron chi connectivity index (χ2n) is 8.28. The van der Waals surface area contributed by atoms with Crippen LogP contribution in [0.5, 0.6) is 5.75 Å². The van der Waals surface area contributed by atoms with E-state index >= 15 is 0 Å². The Morgan fingerprint density at radius 2 is 1.06 bits per heavy atom. The predicted molar refractivity (Wildman–Crippen MR) is 140 cm³/mol. The summed E-state index contributed by atoms with van der Waals surface area (Å²) < 4.78 is 1.06. The molecule has 0 bridgehead atoms. The van der Waals surface area contributed by atoms with Crippen molar-refractivity contribution >= 4 is 69.6 Å². The molecule has 0 fully saturated rings. The van der Waals surface area contributed by atoms with Crippen molar-refractivity contribution < 1.29 is 9.59 Å². The van der Waals surface area contributed by atoms with E-state index in [2.05, 4.69) is 27.1 Å². The molecule has 0 aromatic heterocycles. The van der Waals surface area contributed by atoms with Gasteiger partial charge in [0, 0.05) is 5.54 Å². The second-order valence-corrected chi connectivity index (χ2v) is 10.4. The summed E-state index contributed by atoms with van der Waals surface area (Å²) in [5, 5.41) is 10.5. The van der Waals surface area contributed by atoms with Crippen LogP contribution < -0.4 is 5.11 Å². The molecule has 0 amide bonds. The molecule has 0 N–H and O–H groups in total. The van der Waals surface area contributed by atoms with Crippen LogP contribution in [0, 0.1) is 0 Å². The largest absolute Gasteiger partial charge is 0.870 e. The fourth-order valence-corrected chi connectivity index (χ4v) is 4.23. The zero-order valence-electron chi connectivity index (χ0n) is 18.8. The van der Waals surface area contributed by atoms with Gasteiger partial charge in [-0.3, -0.25) is 0 Å². The van der Waals surface area contributed by atoms with Gasteiger partial charge in [0.25, 0.3) is 0 Å². The van der Waals surface area contributed by atoms with E-state index < -0.39 is 5.75 Å². The summed E-state index contributed by atoms with van der Waals surface area (Å²) in [7, 11) is 4.56. The summed E-state index contributed by atoms with van der Waals surface area (Å²) in [4.78, 5) is 0. The Bertz CT molecular complexity index is 559. The third kappa shape index (κ3) is 13.7. The van der Waals surface area contributed by atoms with Gasteiger partial charge in [-0.15, -0.1) is 0 Å². The predicted octanol–water partition coefficient (Wildman–Crippen LogP) is 9.76. The molecule has 0 aliphatic rings. The van der Waals surface area contributed by atoms with Gasteiger partial charge in [-0.2, -0.15) is 0 Å². The van der Waals surface area contributed by atoms with Gasteiger partial charge in [-0.1, -0.05) is 134 Å². The molecule has 0 aliphatic heterocycles. The molecule has 0 aliphatic carbocycles. The number of hydrogen-bond donors (Lipinski definition) is 0. The molecule has 31 heavy (non-hydrogen) atoms. The highest BCUT2D eigenvalue weighted by molar-refractivity contribution is 6.55. The van der Waals surface area contributed by atoms with E-state index in [-0.39, 0.29) is 25.1 Å². The molecule has 0 atom stereocenters. The van der Waals surface area contributed by atoms with Crippen molar-refractivity contribution in [1.29, 1.82) is 0 Å². The molecule has 0 saturated heterocycles. The van der Waals surface area contributed by atoms with Crippen molar-refractivity contribution in [1.82, 2.24) is 0 Å². The Labute approximate surface area is 219 Å². The maximum Gasteiger partial charge on any atom is 0.0981 e. The minimum Gasteiger partial charge on any atom is -0.870 e. The number of quaternary nitrogens is 1. The Kier molecular flexibility index (Phi) is 18.1. The van der Waals surface area contributed by atoms with Gasteiger partial charge in [0.1, 0.15) is 0 Å². The van der Waals surface area contributed by atoms with Crippen LogP contribution >= 0.6 is 69.6 Å². The topological polar surface area (TPSA) is 23.1 Å². The summed E-state index contributed by atoms with van der Waals surface area (Å²) in [6.07, 6.45) is 16.2. The highest BCUT2D eigenvalue weighted by atomic mass is 35.5. The summed E-state index contributed by atoms with van der Waals surface area (Å²) in [6, 6.07) is 0. The molecule has 0 saturated carbocycles. The van der Waals surface area contributed by atoms with Crippen LogP contribution in [0.4, 0.5) is 0 Å². The summed E-state index contributed by atoms with van der Waals surface area (Å²) >= 11 is 33.3. The first-order valence-corrected chi connectivity index (χ1v) is 13.2. The van der Waals surface area contributed by atoms with Crippen molar-refractivity contribution in [2.24, 2.45) is 0 Å². The first kappa shape index (κ1) is 31.5. The molecule has 1 aromatic carbocycles. The maximum absolute atomic E-state index is 11.1. The summed E-state index contributed by atoms with van der Waals surface area (Å²) in [5.74, 6) is -0.613. The van der Waals surface area contributed by atoms with Crippen molar-refractivity contribution in [2.45, 2.75) is 71.1 Å². The minimum atomic E-state index is -0.613. The maximum atomic E-state index is 11.1. The molecule has 8 heteroatoms. The Balaban J connectivity index is 0.000000639. The fraction of sp³-hybridized carbons (Fsp3) is 0.652. The minimum absolute atomic E-state index is 0.00654. The van der Waals surface area contributed by atoms with Crippen LogP contribution in [0.25, 0.3) is 0 Å². The van der Waals surface area contributed by atoms with E-state index in [0.717, 1.165) is 11.0 Å². The highest BCUT2D eigenvalue weighted by Crippen LogP contribution is 2.46. The molecule has 0 unspecified atom stereocenters.